The van der Waals surface area contributed by atoms with E-state index in [-0.39, 0.29) is 36.1 Å². The molecule has 0 aromatic heterocycles. The van der Waals surface area contributed by atoms with Gasteiger partial charge in [-0.1, -0.05) is 37.5 Å². The molecule has 1 aliphatic heterocycles. The van der Waals surface area contributed by atoms with Crippen LogP contribution in [0.15, 0.2) is 24.3 Å². The molecule has 0 spiro atoms. The quantitative estimate of drug-likeness (QED) is 0.786. The van der Waals surface area contributed by atoms with E-state index in [9.17, 15) is 14.0 Å². The van der Waals surface area contributed by atoms with Crippen molar-refractivity contribution in [3.63, 3.8) is 0 Å². The van der Waals surface area contributed by atoms with Crippen molar-refractivity contribution in [2.24, 2.45) is 5.92 Å². The maximum atomic E-state index is 13.7. The number of likely N-dealkylation sites (tertiary alicyclic amines) is 1. The Kier molecular flexibility index (Phi) is 7.43. The lowest BCUT2D eigenvalue weighted by atomic mass is 9.92. The minimum atomic E-state index is -0.305. The fourth-order valence-corrected chi connectivity index (χ4v) is 4.25. The molecule has 2 aliphatic rings. The second-order valence-electron chi connectivity index (χ2n) is 8.14. The number of halogens is 1. The van der Waals surface area contributed by atoms with Gasteiger partial charge in [-0.2, -0.15) is 0 Å². The zero-order valence-corrected chi connectivity index (χ0v) is 16.8. The van der Waals surface area contributed by atoms with E-state index in [0.29, 0.717) is 11.6 Å². The van der Waals surface area contributed by atoms with Crippen LogP contribution in [0.4, 0.5) is 4.39 Å². The molecule has 1 aliphatic carbocycles. The Morgan fingerprint density at radius 1 is 1.11 bits per heavy atom. The SMILES string of the molecule is CC(C(=O)NCc1ccccc1F)N1CCC(C(=O)NC2CCCCC2)CC1. The average molecular weight is 390 g/mol. The highest BCUT2D eigenvalue weighted by Gasteiger charge is 2.30. The van der Waals surface area contributed by atoms with Crippen molar-refractivity contribution in [2.45, 2.75) is 70.5 Å². The summed E-state index contributed by atoms with van der Waals surface area (Å²) in [5.74, 6) is -0.177. The van der Waals surface area contributed by atoms with Crippen LogP contribution < -0.4 is 10.6 Å². The zero-order valence-electron chi connectivity index (χ0n) is 16.8. The molecule has 0 bridgehead atoms. The molecule has 154 valence electrons. The van der Waals surface area contributed by atoms with Crippen molar-refractivity contribution < 1.29 is 14.0 Å². The number of carbonyl (C=O) groups is 2. The van der Waals surface area contributed by atoms with Crippen molar-refractivity contribution in [2.75, 3.05) is 13.1 Å². The number of hydrogen-bond acceptors (Lipinski definition) is 3. The largest absolute Gasteiger partial charge is 0.353 e. The lowest BCUT2D eigenvalue weighted by molar-refractivity contribution is -0.129. The van der Waals surface area contributed by atoms with E-state index >= 15 is 0 Å². The highest BCUT2D eigenvalue weighted by atomic mass is 19.1. The molecule has 28 heavy (non-hydrogen) atoms. The molecular formula is C22H32FN3O2. The maximum Gasteiger partial charge on any atom is 0.237 e. The minimum Gasteiger partial charge on any atom is -0.353 e. The number of benzene rings is 1. The number of nitrogens with zero attached hydrogens (tertiary/aromatic N) is 1. The van der Waals surface area contributed by atoms with Crippen molar-refractivity contribution in [3.8, 4) is 0 Å². The summed E-state index contributed by atoms with van der Waals surface area (Å²) in [6.07, 6.45) is 7.47. The minimum absolute atomic E-state index is 0.0480. The van der Waals surface area contributed by atoms with Gasteiger partial charge in [0.05, 0.1) is 6.04 Å². The van der Waals surface area contributed by atoms with E-state index in [1.807, 2.05) is 6.92 Å². The van der Waals surface area contributed by atoms with Crippen molar-refractivity contribution in [1.29, 1.82) is 0 Å². The second kappa shape index (κ2) is 10.0. The van der Waals surface area contributed by atoms with Gasteiger partial charge >= 0.3 is 0 Å². The van der Waals surface area contributed by atoms with E-state index in [4.69, 9.17) is 0 Å². The molecule has 6 heteroatoms. The van der Waals surface area contributed by atoms with Crippen molar-refractivity contribution in [1.82, 2.24) is 15.5 Å². The third-order valence-electron chi connectivity index (χ3n) is 6.19. The first-order valence-electron chi connectivity index (χ1n) is 10.6. The molecular weight excluding hydrogens is 357 g/mol. The molecule has 1 unspecified atom stereocenters. The summed E-state index contributed by atoms with van der Waals surface area (Å²) < 4.78 is 13.7. The average Bonchev–Trinajstić information content (AvgIpc) is 2.73. The van der Waals surface area contributed by atoms with Crippen LogP contribution in [0.5, 0.6) is 0 Å². The third kappa shape index (κ3) is 5.53. The van der Waals surface area contributed by atoms with E-state index in [1.165, 1.54) is 25.3 Å². The highest BCUT2D eigenvalue weighted by Crippen LogP contribution is 2.22. The van der Waals surface area contributed by atoms with Crippen LogP contribution >= 0.6 is 0 Å². The van der Waals surface area contributed by atoms with Gasteiger partial charge in [-0.25, -0.2) is 4.39 Å². The summed E-state index contributed by atoms with van der Waals surface area (Å²) >= 11 is 0. The van der Waals surface area contributed by atoms with Crippen LogP contribution in [0.2, 0.25) is 0 Å². The Morgan fingerprint density at radius 2 is 1.79 bits per heavy atom. The van der Waals surface area contributed by atoms with Crippen molar-refractivity contribution >= 4 is 11.8 Å². The molecule has 3 rings (SSSR count). The summed E-state index contributed by atoms with van der Waals surface area (Å²) in [7, 11) is 0. The maximum absolute atomic E-state index is 13.7. The van der Waals surface area contributed by atoms with Gasteiger partial charge in [-0.3, -0.25) is 14.5 Å². The third-order valence-corrected chi connectivity index (χ3v) is 6.19. The van der Waals surface area contributed by atoms with Crippen LogP contribution in [0.3, 0.4) is 0 Å². The molecule has 2 amide bonds. The number of hydrogen-bond donors (Lipinski definition) is 2. The number of rotatable bonds is 6. The van der Waals surface area contributed by atoms with Crippen molar-refractivity contribution in [3.05, 3.63) is 35.6 Å². The van der Waals surface area contributed by atoms with Gasteiger partial charge in [0.25, 0.3) is 0 Å². The fourth-order valence-electron chi connectivity index (χ4n) is 4.25. The predicted octanol–water partition coefficient (Wildman–Crippen LogP) is 2.99. The predicted molar refractivity (Wildman–Crippen MR) is 107 cm³/mol. The summed E-state index contributed by atoms with van der Waals surface area (Å²) in [5.41, 5.74) is 0.487. The van der Waals surface area contributed by atoms with Gasteiger partial charge in [0.1, 0.15) is 5.82 Å². The van der Waals surface area contributed by atoms with Crippen LogP contribution in [0, 0.1) is 11.7 Å². The van der Waals surface area contributed by atoms with E-state index in [2.05, 4.69) is 15.5 Å². The van der Waals surface area contributed by atoms with Gasteiger partial charge in [0.2, 0.25) is 11.8 Å². The number of amides is 2. The van der Waals surface area contributed by atoms with E-state index in [1.54, 1.807) is 18.2 Å². The molecule has 1 saturated heterocycles. The van der Waals surface area contributed by atoms with E-state index in [0.717, 1.165) is 38.8 Å². The zero-order chi connectivity index (χ0) is 19.9. The topological polar surface area (TPSA) is 61.4 Å². The van der Waals surface area contributed by atoms with Gasteiger partial charge in [-0.05, 0) is 51.8 Å². The summed E-state index contributed by atoms with van der Waals surface area (Å²) in [4.78, 5) is 27.1. The molecule has 2 N–H and O–H groups in total. The lowest BCUT2D eigenvalue weighted by Crippen LogP contribution is -2.50. The van der Waals surface area contributed by atoms with Crippen LogP contribution in [0.25, 0.3) is 0 Å². The van der Waals surface area contributed by atoms with E-state index < -0.39 is 0 Å². The normalized spacial score (nSPS) is 20.5. The Hall–Kier alpha value is -1.95. The first-order chi connectivity index (χ1) is 13.5. The second-order valence-corrected chi connectivity index (χ2v) is 8.14. The van der Waals surface area contributed by atoms with Crippen LogP contribution in [-0.2, 0) is 16.1 Å². The Balaban J connectivity index is 1.41. The first-order valence-corrected chi connectivity index (χ1v) is 10.6. The molecule has 1 atom stereocenters. The molecule has 1 aromatic rings. The van der Waals surface area contributed by atoms with Gasteiger partial charge in [-0.15, -0.1) is 0 Å². The van der Waals surface area contributed by atoms with Crippen LogP contribution in [-0.4, -0.2) is 41.9 Å². The van der Waals surface area contributed by atoms with Gasteiger partial charge < -0.3 is 10.6 Å². The summed E-state index contributed by atoms with van der Waals surface area (Å²) in [5, 5.41) is 6.05. The molecule has 1 aromatic carbocycles. The Bertz CT molecular complexity index is 668. The summed E-state index contributed by atoms with van der Waals surface area (Å²) in [6, 6.07) is 6.54. The summed E-state index contributed by atoms with van der Waals surface area (Å²) in [6.45, 7) is 3.53. The van der Waals surface area contributed by atoms with Gasteiger partial charge in [0.15, 0.2) is 0 Å². The number of piperidine rings is 1. The Morgan fingerprint density at radius 3 is 2.46 bits per heavy atom. The lowest BCUT2D eigenvalue weighted by Gasteiger charge is -2.35. The molecule has 0 radical (unpaired) electrons. The van der Waals surface area contributed by atoms with Gasteiger partial charge in [0, 0.05) is 24.1 Å². The molecule has 1 saturated carbocycles. The number of nitrogens with one attached hydrogen (secondary N) is 2. The molecule has 2 fully saturated rings. The first kappa shape index (κ1) is 20.8. The standard InChI is InChI=1S/C22H32FN3O2/c1-16(21(27)24-15-18-7-5-6-10-20(18)23)26-13-11-17(12-14-26)22(28)25-19-8-3-2-4-9-19/h5-7,10,16-17,19H,2-4,8-9,11-15H2,1H3,(H,24,27)(H,25,28). The number of carbonyl (C=O) groups excluding carboxylic acids is 2. The Labute approximate surface area is 167 Å². The molecule has 5 nitrogen and oxygen atoms in total. The fraction of sp³-hybridized carbons (Fsp3) is 0.636. The molecule has 1 heterocycles. The smallest absolute Gasteiger partial charge is 0.237 e. The van der Waals surface area contributed by atoms with Crippen LogP contribution in [0.1, 0.15) is 57.4 Å². The monoisotopic (exact) mass is 389 g/mol. The highest BCUT2D eigenvalue weighted by molar-refractivity contribution is 5.81.